The molecule has 1 aromatic carbocycles. The van der Waals surface area contributed by atoms with Gasteiger partial charge in [0.05, 0.1) is 18.3 Å². The number of hydrogen-bond donors (Lipinski definition) is 0. The van der Waals surface area contributed by atoms with Crippen LogP contribution in [0, 0.1) is 23.1 Å². The summed E-state index contributed by atoms with van der Waals surface area (Å²) < 4.78 is 13.4. The summed E-state index contributed by atoms with van der Waals surface area (Å²) in [6.45, 7) is 0.412. The summed E-state index contributed by atoms with van der Waals surface area (Å²) in [6, 6.07) is 8.19. The van der Waals surface area contributed by atoms with Crippen molar-refractivity contribution in [3.8, 4) is 6.07 Å². The largest absolute Gasteiger partial charge is 0.360 e. The molecule has 0 bridgehead atoms. The van der Waals surface area contributed by atoms with Gasteiger partial charge in [-0.15, -0.1) is 0 Å². The van der Waals surface area contributed by atoms with Crippen LogP contribution in [0.5, 0.6) is 0 Å². The van der Waals surface area contributed by atoms with Crippen LogP contribution in [0.4, 0.5) is 10.1 Å². The maximum atomic E-state index is 13.4. The van der Waals surface area contributed by atoms with E-state index < -0.39 is 5.92 Å². The van der Waals surface area contributed by atoms with Crippen LogP contribution < -0.4 is 4.90 Å². The molecule has 0 spiro atoms. The number of halogens is 1. The SMILES string of the molecule is N#C[C@@H]1CN(c2ccccc2F)CC1=O. The van der Waals surface area contributed by atoms with Gasteiger partial charge in [0.2, 0.25) is 0 Å². The lowest BCUT2D eigenvalue weighted by Gasteiger charge is -2.16. The van der Waals surface area contributed by atoms with E-state index in [1.54, 1.807) is 23.1 Å². The molecule has 1 aliphatic heterocycles. The average molecular weight is 204 g/mol. The Kier molecular flexibility index (Phi) is 2.38. The number of nitrogens with zero attached hydrogens (tertiary/aromatic N) is 2. The quantitative estimate of drug-likeness (QED) is 0.693. The Morgan fingerprint density at radius 1 is 1.47 bits per heavy atom. The third-order valence-corrected chi connectivity index (χ3v) is 2.49. The molecule has 0 saturated carbocycles. The van der Waals surface area contributed by atoms with Gasteiger partial charge in [-0.05, 0) is 12.1 Å². The molecule has 1 atom stereocenters. The van der Waals surface area contributed by atoms with Crippen molar-refractivity contribution in [3.05, 3.63) is 30.1 Å². The normalized spacial score (nSPS) is 20.4. The molecule has 0 amide bonds. The highest BCUT2D eigenvalue weighted by molar-refractivity contribution is 5.91. The molecule has 0 N–H and O–H groups in total. The third kappa shape index (κ3) is 1.68. The van der Waals surface area contributed by atoms with Crippen LogP contribution in [0.3, 0.4) is 0 Å². The molecule has 1 aromatic rings. The van der Waals surface area contributed by atoms with Gasteiger partial charge < -0.3 is 4.90 Å². The van der Waals surface area contributed by atoms with Crippen molar-refractivity contribution < 1.29 is 9.18 Å². The van der Waals surface area contributed by atoms with E-state index in [0.717, 1.165) is 0 Å². The van der Waals surface area contributed by atoms with E-state index in [9.17, 15) is 9.18 Å². The highest BCUT2D eigenvalue weighted by Gasteiger charge is 2.31. The lowest BCUT2D eigenvalue weighted by molar-refractivity contribution is -0.118. The van der Waals surface area contributed by atoms with Gasteiger partial charge in [0.1, 0.15) is 11.7 Å². The molecule has 3 nitrogen and oxygen atoms in total. The van der Waals surface area contributed by atoms with Crippen LogP contribution in [0.2, 0.25) is 0 Å². The fraction of sp³-hybridized carbons (Fsp3) is 0.273. The Morgan fingerprint density at radius 3 is 2.80 bits per heavy atom. The van der Waals surface area contributed by atoms with Crippen LogP contribution in [0.1, 0.15) is 0 Å². The van der Waals surface area contributed by atoms with Gasteiger partial charge in [0.25, 0.3) is 0 Å². The van der Waals surface area contributed by atoms with Crippen molar-refractivity contribution in [3.63, 3.8) is 0 Å². The predicted octanol–water partition coefficient (Wildman–Crippen LogP) is 1.35. The van der Waals surface area contributed by atoms with Gasteiger partial charge in [-0.3, -0.25) is 4.79 Å². The van der Waals surface area contributed by atoms with E-state index in [-0.39, 0.29) is 24.7 Å². The minimum absolute atomic E-state index is 0.124. The molecule has 1 saturated heterocycles. The number of Topliss-reactive ketones (excluding diaryl/α,β-unsaturated/α-hetero) is 1. The zero-order valence-electron chi connectivity index (χ0n) is 7.98. The van der Waals surface area contributed by atoms with Crippen molar-refractivity contribution in [1.29, 1.82) is 5.26 Å². The zero-order valence-corrected chi connectivity index (χ0v) is 7.98. The van der Waals surface area contributed by atoms with Crippen molar-refractivity contribution in [2.24, 2.45) is 5.92 Å². The molecule has 4 heteroatoms. The summed E-state index contributed by atoms with van der Waals surface area (Å²) in [5, 5.41) is 8.68. The second-order valence-electron chi connectivity index (χ2n) is 3.48. The van der Waals surface area contributed by atoms with Gasteiger partial charge in [-0.25, -0.2) is 4.39 Å². The van der Waals surface area contributed by atoms with Crippen LogP contribution in [0.15, 0.2) is 24.3 Å². The van der Waals surface area contributed by atoms with Gasteiger partial charge in [0.15, 0.2) is 5.78 Å². The number of rotatable bonds is 1. The second kappa shape index (κ2) is 3.70. The highest BCUT2D eigenvalue weighted by atomic mass is 19.1. The number of hydrogen-bond acceptors (Lipinski definition) is 3. The minimum atomic E-state index is -0.621. The summed E-state index contributed by atoms with van der Waals surface area (Å²) >= 11 is 0. The highest BCUT2D eigenvalue weighted by Crippen LogP contribution is 2.23. The number of para-hydroxylation sites is 1. The Hall–Kier alpha value is -1.89. The van der Waals surface area contributed by atoms with Crippen molar-refractivity contribution in [2.45, 2.75) is 0 Å². The molecule has 0 radical (unpaired) electrons. The van der Waals surface area contributed by atoms with E-state index in [1.165, 1.54) is 6.07 Å². The van der Waals surface area contributed by atoms with Crippen LogP contribution in [0.25, 0.3) is 0 Å². The first kappa shape index (κ1) is 9.66. The van der Waals surface area contributed by atoms with E-state index in [0.29, 0.717) is 5.69 Å². The van der Waals surface area contributed by atoms with E-state index in [2.05, 4.69) is 0 Å². The first-order valence-corrected chi connectivity index (χ1v) is 4.64. The Balaban J connectivity index is 2.25. The van der Waals surface area contributed by atoms with Crippen molar-refractivity contribution in [1.82, 2.24) is 0 Å². The molecule has 1 aliphatic rings. The van der Waals surface area contributed by atoms with Crippen LogP contribution in [-0.2, 0) is 4.79 Å². The van der Waals surface area contributed by atoms with E-state index in [1.807, 2.05) is 6.07 Å². The molecular weight excluding hydrogens is 195 g/mol. The van der Waals surface area contributed by atoms with Gasteiger partial charge >= 0.3 is 0 Å². The smallest absolute Gasteiger partial charge is 0.170 e. The summed E-state index contributed by atoms with van der Waals surface area (Å²) in [4.78, 5) is 12.9. The monoisotopic (exact) mass is 204 g/mol. The first-order valence-electron chi connectivity index (χ1n) is 4.64. The fourth-order valence-electron chi connectivity index (χ4n) is 1.69. The van der Waals surface area contributed by atoms with Crippen LogP contribution in [-0.4, -0.2) is 18.9 Å². The number of carbonyl (C=O) groups excluding carboxylic acids is 1. The molecule has 2 rings (SSSR count). The summed E-state index contributed by atoms with van der Waals surface area (Å²) in [7, 11) is 0. The molecule has 76 valence electrons. The standard InChI is InChI=1S/C11H9FN2O/c12-9-3-1-2-4-10(9)14-6-8(5-13)11(15)7-14/h1-4,8H,6-7H2/t8-/m1/s1. The lowest BCUT2D eigenvalue weighted by atomic mass is 10.1. The molecule has 15 heavy (non-hydrogen) atoms. The molecular formula is C11H9FN2O. The Morgan fingerprint density at radius 2 is 2.20 bits per heavy atom. The maximum absolute atomic E-state index is 13.4. The van der Waals surface area contributed by atoms with Crippen molar-refractivity contribution in [2.75, 3.05) is 18.0 Å². The first-order chi connectivity index (χ1) is 7.22. The number of ketones is 1. The molecule has 0 unspecified atom stereocenters. The van der Waals surface area contributed by atoms with Gasteiger partial charge in [-0.2, -0.15) is 5.26 Å². The zero-order chi connectivity index (χ0) is 10.8. The predicted molar refractivity (Wildman–Crippen MR) is 52.7 cm³/mol. The fourth-order valence-corrected chi connectivity index (χ4v) is 1.69. The third-order valence-electron chi connectivity index (χ3n) is 2.49. The number of benzene rings is 1. The minimum Gasteiger partial charge on any atom is -0.360 e. The summed E-state index contributed by atoms with van der Waals surface area (Å²) in [5.74, 6) is -1.12. The number of anilines is 1. The van der Waals surface area contributed by atoms with E-state index >= 15 is 0 Å². The number of carbonyl (C=O) groups is 1. The molecule has 0 aromatic heterocycles. The molecule has 0 aliphatic carbocycles. The lowest BCUT2D eigenvalue weighted by Crippen LogP contribution is -2.20. The second-order valence-corrected chi connectivity index (χ2v) is 3.48. The van der Waals surface area contributed by atoms with Gasteiger partial charge in [0, 0.05) is 6.54 Å². The topological polar surface area (TPSA) is 44.1 Å². The summed E-state index contributed by atoms with van der Waals surface area (Å²) in [6.07, 6.45) is 0. The van der Waals surface area contributed by atoms with Crippen molar-refractivity contribution >= 4 is 11.5 Å². The molecule has 1 heterocycles. The maximum Gasteiger partial charge on any atom is 0.170 e. The summed E-state index contributed by atoms with van der Waals surface area (Å²) in [5.41, 5.74) is 0.392. The Labute approximate surface area is 86.7 Å². The molecule has 1 fully saturated rings. The number of nitriles is 1. The van der Waals surface area contributed by atoms with E-state index in [4.69, 9.17) is 5.26 Å². The van der Waals surface area contributed by atoms with Crippen LogP contribution >= 0.6 is 0 Å². The average Bonchev–Trinajstić information content (AvgIpc) is 2.60. The van der Waals surface area contributed by atoms with Gasteiger partial charge in [-0.1, -0.05) is 12.1 Å². The Bertz CT molecular complexity index is 438.